The number of cyclic esters (lactones) is 1. The number of esters is 1. The third-order valence-electron chi connectivity index (χ3n) is 5.04. The molecule has 1 aromatic heterocycles. The number of hydrogen-bond acceptors (Lipinski definition) is 4. The van der Waals surface area contributed by atoms with Crippen molar-refractivity contribution in [3.05, 3.63) is 52.8 Å². The Balaban J connectivity index is 1.48. The summed E-state index contributed by atoms with van der Waals surface area (Å²) in [7, 11) is 0. The lowest BCUT2D eigenvalue weighted by atomic mass is 9.93. The zero-order chi connectivity index (χ0) is 17.4. The van der Waals surface area contributed by atoms with Crippen LogP contribution in [0.3, 0.4) is 0 Å². The number of H-pyrrole nitrogens is 1. The first-order valence-corrected chi connectivity index (χ1v) is 8.71. The number of amides is 1. The summed E-state index contributed by atoms with van der Waals surface area (Å²) in [6.07, 6.45) is 1.67. The number of carbonyl (C=O) groups excluding carboxylic acids is 2. The highest BCUT2D eigenvalue weighted by molar-refractivity contribution is 5.95. The highest BCUT2D eigenvalue weighted by Crippen LogP contribution is 2.28. The van der Waals surface area contributed by atoms with E-state index in [-0.39, 0.29) is 11.8 Å². The van der Waals surface area contributed by atoms with Crippen LogP contribution in [0.25, 0.3) is 0 Å². The molecule has 2 aliphatic heterocycles. The molecule has 2 atom stereocenters. The fourth-order valence-electron chi connectivity index (χ4n) is 3.74. The highest BCUT2D eigenvalue weighted by atomic mass is 16.5. The van der Waals surface area contributed by atoms with Gasteiger partial charge in [-0.2, -0.15) is 5.10 Å². The van der Waals surface area contributed by atoms with Crippen molar-refractivity contribution in [1.29, 1.82) is 0 Å². The molecule has 0 radical (unpaired) electrons. The van der Waals surface area contributed by atoms with Crippen LogP contribution in [0.2, 0.25) is 0 Å². The molecule has 0 bridgehead atoms. The van der Waals surface area contributed by atoms with E-state index in [2.05, 4.69) is 10.2 Å². The number of nitrogens with one attached hydrogen (secondary N) is 1. The predicted molar refractivity (Wildman–Crippen MR) is 91.2 cm³/mol. The summed E-state index contributed by atoms with van der Waals surface area (Å²) in [5.74, 6) is -0.272. The lowest BCUT2D eigenvalue weighted by Gasteiger charge is -2.35. The topological polar surface area (TPSA) is 75.3 Å². The van der Waals surface area contributed by atoms with Crippen molar-refractivity contribution in [2.24, 2.45) is 0 Å². The maximum atomic E-state index is 12.9. The van der Waals surface area contributed by atoms with Gasteiger partial charge in [0.2, 0.25) is 0 Å². The number of nitrogens with zero attached hydrogens (tertiary/aromatic N) is 2. The van der Waals surface area contributed by atoms with Crippen molar-refractivity contribution in [1.82, 2.24) is 15.1 Å². The van der Waals surface area contributed by atoms with E-state index in [4.69, 9.17) is 4.74 Å². The highest BCUT2D eigenvalue weighted by Gasteiger charge is 2.36. The zero-order valence-electron chi connectivity index (χ0n) is 14.2. The predicted octanol–water partition coefficient (Wildman–Crippen LogP) is 2.21. The average Bonchev–Trinajstić information content (AvgIpc) is 3.08. The van der Waals surface area contributed by atoms with Gasteiger partial charge in [0, 0.05) is 31.1 Å². The Kier molecular flexibility index (Phi) is 4.03. The third-order valence-corrected chi connectivity index (χ3v) is 5.04. The summed E-state index contributed by atoms with van der Waals surface area (Å²) in [5, 5.41) is 7.31. The molecule has 6 heteroatoms. The summed E-state index contributed by atoms with van der Waals surface area (Å²) in [6.45, 7) is 3.30. The smallest absolute Gasteiger partial charge is 0.339 e. The van der Waals surface area contributed by atoms with E-state index in [0.717, 1.165) is 29.8 Å². The Hall–Kier alpha value is -2.63. The molecule has 4 rings (SSSR count). The van der Waals surface area contributed by atoms with Gasteiger partial charge in [-0.15, -0.1) is 0 Å². The lowest BCUT2D eigenvalue weighted by molar-refractivity contribution is -0.142. The van der Waals surface area contributed by atoms with Crippen molar-refractivity contribution >= 4 is 11.9 Å². The maximum absolute atomic E-state index is 12.9. The van der Waals surface area contributed by atoms with E-state index in [1.54, 1.807) is 6.07 Å². The van der Waals surface area contributed by atoms with Crippen molar-refractivity contribution in [3.8, 4) is 0 Å². The van der Waals surface area contributed by atoms with Crippen LogP contribution in [0, 0.1) is 6.92 Å². The van der Waals surface area contributed by atoms with Crippen LogP contribution in [0.1, 0.15) is 46.1 Å². The van der Waals surface area contributed by atoms with E-state index in [1.165, 1.54) is 0 Å². The molecule has 6 nitrogen and oxygen atoms in total. The second kappa shape index (κ2) is 6.35. The first kappa shape index (κ1) is 15.9. The van der Waals surface area contributed by atoms with Crippen molar-refractivity contribution < 1.29 is 14.3 Å². The first-order chi connectivity index (χ1) is 12.1. The van der Waals surface area contributed by atoms with Crippen LogP contribution < -0.4 is 0 Å². The Morgan fingerprint density at radius 1 is 1.36 bits per heavy atom. The van der Waals surface area contributed by atoms with E-state index < -0.39 is 12.1 Å². The molecule has 0 spiro atoms. The molecule has 2 aliphatic rings. The minimum Gasteiger partial charge on any atom is -0.448 e. The van der Waals surface area contributed by atoms with E-state index in [1.807, 2.05) is 36.1 Å². The number of ether oxygens (including phenoxy) is 1. The van der Waals surface area contributed by atoms with Crippen molar-refractivity contribution in [2.75, 3.05) is 13.1 Å². The van der Waals surface area contributed by atoms with Crippen LogP contribution >= 0.6 is 0 Å². The van der Waals surface area contributed by atoms with Crippen LogP contribution in [0.15, 0.2) is 30.3 Å². The molecule has 3 heterocycles. The molecule has 1 N–H and O–H groups in total. The number of carbonyl (C=O) groups is 2. The summed E-state index contributed by atoms with van der Waals surface area (Å²) >= 11 is 0. The summed E-state index contributed by atoms with van der Waals surface area (Å²) in [6, 6.07) is 9.37. The van der Waals surface area contributed by atoms with Gasteiger partial charge in [0.15, 0.2) is 6.10 Å². The largest absolute Gasteiger partial charge is 0.448 e. The standard InChI is InChI=1S/C19H21N3O3/c1-12-9-16(21-20-12)14-6-4-8-22(11-14)18(23)17-10-13-5-2-3-7-15(13)19(24)25-17/h2-3,5,7,9,14,17H,4,6,8,10-11H2,1H3,(H,20,21)/t14-,17-/m0/s1. The molecule has 130 valence electrons. The second-order valence-electron chi connectivity index (χ2n) is 6.85. The Morgan fingerprint density at radius 3 is 3.00 bits per heavy atom. The molecule has 0 aliphatic carbocycles. The van der Waals surface area contributed by atoms with Gasteiger partial charge in [-0.3, -0.25) is 9.89 Å². The fraction of sp³-hybridized carbons (Fsp3) is 0.421. The fourth-order valence-corrected chi connectivity index (χ4v) is 3.74. The molecule has 1 saturated heterocycles. The van der Waals surface area contributed by atoms with Crippen LogP contribution in [-0.4, -0.2) is 46.2 Å². The third kappa shape index (κ3) is 3.04. The van der Waals surface area contributed by atoms with Crippen LogP contribution in [0.5, 0.6) is 0 Å². The minimum absolute atomic E-state index is 0.0974. The Bertz CT molecular complexity index is 814. The normalized spacial score (nSPS) is 23.1. The lowest BCUT2D eigenvalue weighted by Crippen LogP contribution is -2.47. The van der Waals surface area contributed by atoms with Gasteiger partial charge >= 0.3 is 5.97 Å². The molecular formula is C19H21N3O3. The van der Waals surface area contributed by atoms with Crippen LogP contribution in [-0.2, 0) is 16.0 Å². The van der Waals surface area contributed by atoms with E-state index in [9.17, 15) is 9.59 Å². The van der Waals surface area contributed by atoms with Gasteiger partial charge in [-0.1, -0.05) is 18.2 Å². The summed E-state index contributed by atoms with van der Waals surface area (Å²) < 4.78 is 5.42. The van der Waals surface area contributed by atoms with Gasteiger partial charge < -0.3 is 9.64 Å². The molecule has 1 fully saturated rings. The van der Waals surface area contributed by atoms with Gasteiger partial charge in [0.05, 0.1) is 11.3 Å². The van der Waals surface area contributed by atoms with Gasteiger partial charge in [0.25, 0.3) is 5.91 Å². The number of hydrogen-bond donors (Lipinski definition) is 1. The minimum atomic E-state index is -0.720. The number of benzene rings is 1. The first-order valence-electron chi connectivity index (χ1n) is 8.71. The number of likely N-dealkylation sites (tertiary alicyclic amines) is 1. The SMILES string of the molecule is Cc1cc([C@H]2CCCN(C(=O)[C@@H]3Cc4ccccc4C(=O)O3)C2)n[nH]1. The van der Waals surface area contributed by atoms with Gasteiger partial charge in [0.1, 0.15) is 0 Å². The molecule has 1 amide bonds. The van der Waals surface area contributed by atoms with Crippen molar-refractivity contribution in [3.63, 3.8) is 0 Å². The number of aromatic nitrogens is 2. The van der Waals surface area contributed by atoms with Crippen molar-refractivity contribution in [2.45, 2.75) is 38.2 Å². The molecular weight excluding hydrogens is 318 g/mol. The molecule has 2 aromatic rings. The Morgan fingerprint density at radius 2 is 2.20 bits per heavy atom. The molecule has 25 heavy (non-hydrogen) atoms. The monoisotopic (exact) mass is 339 g/mol. The quantitative estimate of drug-likeness (QED) is 0.851. The number of piperidine rings is 1. The molecule has 0 saturated carbocycles. The number of rotatable bonds is 2. The number of aromatic amines is 1. The molecule has 0 unspecified atom stereocenters. The average molecular weight is 339 g/mol. The Labute approximate surface area is 146 Å². The second-order valence-corrected chi connectivity index (χ2v) is 6.85. The molecule has 1 aromatic carbocycles. The van der Waals surface area contributed by atoms with E-state index >= 15 is 0 Å². The number of aryl methyl sites for hydroxylation is 1. The van der Waals surface area contributed by atoms with Crippen LogP contribution in [0.4, 0.5) is 0 Å². The maximum Gasteiger partial charge on any atom is 0.339 e. The van der Waals surface area contributed by atoms with Gasteiger partial charge in [-0.05, 0) is 37.5 Å². The summed E-state index contributed by atoms with van der Waals surface area (Å²) in [4.78, 5) is 26.9. The van der Waals surface area contributed by atoms with Gasteiger partial charge in [-0.25, -0.2) is 4.79 Å². The number of fused-ring (bicyclic) bond motifs is 1. The summed E-state index contributed by atoms with van der Waals surface area (Å²) in [5.41, 5.74) is 3.47. The van der Waals surface area contributed by atoms with E-state index in [0.29, 0.717) is 25.1 Å². The zero-order valence-corrected chi connectivity index (χ0v) is 14.2.